The highest BCUT2D eigenvalue weighted by molar-refractivity contribution is 6.07. The lowest BCUT2D eigenvalue weighted by Crippen LogP contribution is -2.62. The lowest BCUT2D eigenvalue weighted by Gasteiger charge is -2.56. The topological polar surface area (TPSA) is 127 Å². The van der Waals surface area contributed by atoms with Gasteiger partial charge in [0, 0.05) is 5.54 Å². The maximum atomic E-state index is 12.5. The molecule has 0 aliphatic heterocycles. The predicted octanol–water partition coefficient (Wildman–Crippen LogP) is 3.48. The number of amides is 4. The minimum Gasteiger partial charge on any atom is -0.459 e. The summed E-state index contributed by atoms with van der Waals surface area (Å²) in [6.07, 6.45) is 8.03. The van der Waals surface area contributed by atoms with Gasteiger partial charge < -0.3 is 19.8 Å². The second kappa shape index (κ2) is 8.96. The molecule has 4 fully saturated rings. The number of benzene rings is 1. The zero-order chi connectivity index (χ0) is 23.7. The van der Waals surface area contributed by atoms with Crippen LogP contribution in [0.25, 0.3) is 0 Å². The van der Waals surface area contributed by atoms with E-state index in [4.69, 9.17) is 9.15 Å². The maximum absolute atomic E-state index is 12.5. The first-order valence-electron chi connectivity index (χ1n) is 11.6. The first-order valence-corrected chi connectivity index (χ1v) is 11.6. The van der Waals surface area contributed by atoms with Crippen LogP contribution in [0.3, 0.4) is 0 Å². The third-order valence-electron chi connectivity index (χ3n) is 7.14. The average Bonchev–Trinajstić information content (AvgIpc) is 3.31. The van der Waals surface area contributed by atoms with Crippen molar-refractivity contribution < 1.29 is 28.3 Å². The molecule has 4 aliphatic carbocycles. The SMILES string of the molecule is O=C(COC(=O)c1ccccc1NC(=O)c1ccco1)NC(=O)NC12CC3CC(CC(C3)C1)C2. The Balaban J connectivity index is 1.13. The third kappa shape index (κ3) is 4.69. The molecule has 2 aromatic rings. The van der Waals surface area contributed by atoms with Crippen molar-refractivity contribution in [1.82, 2.24) is 10.6 Å². The number of hydrogen-bond donors (Lipinski definition) is 3. The van der Waals surface area contributed by atoms with E-state index < -0.39 is 30.4 Å². The number of imide groups is 1. The van der Waals surface area contributed by atoms with E-state index in [-0.39, 0.29) is 22.6 Å². The Morgan fingerprint density at radius 2 is 1.62 bits per heavy atom. The second-order valence-electron chi connectivity index (χ2n) is 9.75. The van der Waals surface area contributed by atoms with Gasteiger partial charge in [0.25, 0.3) is 11.8 Å². The fourth-order valence-corrected chi connectivity index (χ4v) is 6.27. The van der Waals surface area contributed by atoms with Gasteiger partial charge in [-0.25, -0.2) is 9.59 Å². The quantitative estimate of drug-likeness (QED) is 0.561. The van der Waals surface area contributed by atoms with Crippen molar-refractivity contribution in [3.05, 3.63) is 54.0 Å². The largest absolute Gasteiger partial charge is 0.459 e. The lowest BCUT2D eigenvalue weighted by atomic mass is 9.53. The highest BCUT2D eigenvalue weighted by Gasteiger charge is 2.51. The molecule has 0 spiro atoms. The number of anilines is 1. The van der Waals surface area contributed by atoms with Gasteiger partial charge in [-0.1, -0.05) is 12.1 Å². The molecule has 4 aliphatic rings. The summed E-state index contributed by atoms with van der Waals surface area (Å²) in [6.45, 7) is -0.617. The first-order chi connectivity index (χ1) is 16.4. The fourth-order valence-electron chi connectivity index (χ4n) is 6.27. The van der Waals surface area contributed by atoms with Crippen LogP contribution in [0.4, 0.5) is 10.5 Å². The van der Waals surface area contributed by atoms with Crippen molar-refractivity contribution in [3.8, 4) is 0 Å². The second-order valence-corrected chi connectivity index (χ2v) is 9.75. The lowest BCUT2D eigenvalue weighted by molar-refractivity contribution is -0.123. The maximum Gasteiger partial charge on any atom is 0.340 e. The molecule has 178 valence electrons. The van der Waals surface area contributed by atoms with Gasteiger partial charge in [-0.2, -0.15) is 0 Å². The van der Waals surface area contributed by atoms with Crippen molar-refractivity contribution in [2.45, 2.75) is 44.1 Å². The van der Waals surface area contributed by atoms with E-state index >= 15 is 0 Å². The van der Waals surface area contributed by atoms with Crippen LogP contribution in [0.1, 0.15) is 59.4 Å². The summed E-state index contributed by atoms with van der Waals surface area (Å²) in [5, 5.41) is 7.92. The molecule has 0 radical (unpaired) electrons. The highest BCUT2D eigenvalue weighted by Crippen LogP contribution is 2.55. The molecule has 3 N–H and O–H groups in total. The Morgan fingerprint density at radius 3 is 2.26 bits per heavy atom. The van der Waals surface area contributed by atoms with Gasteiger partial charge in [-0.15, -0.1) is 0 Å². The number of esters is 1. The number of para-hydroxylation sites is 1. The molecule has 0 unspecified atom stereocenters. The van der Waals surface area contributed by atoms with Crippen LogP contribution in [0.15, 0.2) is 47.1 Å². The summed E-state index contributed by atoms with van der Waals surface area (Å²) in [4.78, 5) is 49.5. The number of hydrogen-bond acceptors (Lipinski definition) is 6. The van der Waals surface area contributed by atoms with Crippen LogP contribution in [0, 0.1) is 17.8 Å². The summed E-state index contributed by atoms with van der Waals surface area (Å²) in [6, 6.07) is 8.79. The van der Waals surface area contributed by atoms with Gasteiger partial charge >= 0.3 is 12.0 Å². The Kier molecular flexibility index (Phi) is 5.85. The monoisotopic (exact) mass is 465 g/mol. The summed E-state index contributed by atoms with van der Waals surface area (Å²) in [7, 11) is 0. The number of furan rings is 1. The molecule has 1 aromatic carbocycles. The van der Waals surface area contributed by atoms with Crippen LogP contribution in [0.2, 0.25) is 0 Å². The third-order valence-corrected chi connectivity index (χ3v) is 7.14. The molecular formula is C25H27N3O6. The molecule has 6 rings (SSSR count). The van der Waals surface area contributed by atoms with Crippen LogP contribution in [0.5, 0.6) is 0 Å². The van der Waals surface area contributed by atoms with E-state index in [1.54, 1.807) is 18.2 Å². The molecule has 0 atom stereocenters. The van der Waals surface area contributed by atoms with Gasteiger partial charge in [0.2, 0.25) is 0 Å². The standard InChI is InChI=1S/C25H27N3O6/c29-21(27-24(32)28-25-11-15-8-16(12-25)10-17(9-15)13-25)14-34-23(31)18-4-1-2-5-19(18)26-22(30)20-6-3-7-33-20/h1-7,15-17H,8-14H2,(H,26,30)(H2,27,28,29,32). The number of urea groups is 1. The zero-order valence-electron chi connectivity index (χ0n) is 18.7. The van der Waals surface area contributed by atoms with E-state index in [0.717, 1.165) is 19.3 Å². The van der Waals surface area contributed by atoms with Crippen molar-refractivity contribution in [1.29, 1.82) is 0 Å². The van der Waals surface area contributed by atoms with Crippen molar-refractivity contribution in [2.24, 2.45) is 17.8 Å². The first kappa shape index (κ1) is 22.2. The highest BCUT2D eigenvalue weighted by atomic mass is 16.5. The molecule has 1 heterocycles. The van der Waals surface area contributed by atoms with Crippen LogP contribution < -0.4 is 16.0 Å². The molecule has 9 nitrogen and oxygen atoms in total. The molecule has 9 heteroatoms. The van der Waals surface area contributed by atoms with Crippen LogP contribution in [-0.2, 0) is 9.53 Å². The Labute approximate surface area is 196 Å². The number of ether oxygens (including phenoxy) is 1. The van der Waals surface area contributed by atoms with Gasteiger partial charge in [0.15, 0.2) is 12.4 Å². The fraction of sp³-hybridized carbons (Fsp3) is 0.440. The van der Waals surface area contributed by atoms with Crippen molar-refractivity contribution in [3.63, 3.8) is 0 Å². The summed E-state index contributed by atoms with van der Waals surface area (Å²) in [5.74, 6) is 0.0428. The molecule has 4 saturated carbocycles. The van der Waals surface area contributed by atoms with E-state index in [9.17, 15) is 19.2 Å². The average molecular weight is 466 g/mol. The van der Waals surface area contributed by atoms with E-state index in [2.05, 4.69) is 16.0 Å². The summed E-state index contributed by atoms with van der Waals surface area (Å²) in [5.41, 5.74) is 0.0723. The van der Waals surface area contributed by atoms with Crippen LogP contribution >= 0.6 is 0 Å². The zero-order valence-corrected chi connectivity index (χ0v) is 18.7. The Hall–Kier alpha value is -3.62. The summed E-state index contributed by atoms with van der Waals surface area (Å²) < 4.78 is 10.1. The van der Waals surface area contributed by atoms with Gasteiger partial charge in [0.1, 0.15) is 0 Å². The molecule has 0 saturated heterocycles. The normalized spacial score (nSPS) is 26.5. The summed E-state index contributed by atoms with van der Waals surface area (Å²) >= 11 is 0. The van der Waals surface area contributed by atoms with E-state index in [0.29, 0.717) is 17.8 Å². The number of nitrogens with one attached hydrogen (secondary N) is 3. The minimum absolute atomic E-state index is 0.0771. The van der Waals surface area contributed by atoms with Crippen molar-refractivity contribution >= 4 is 29.5 Å². The predicted molar refractivity (Wildman–Crippen MR) is 121 cm³/mol. The minimum atomic E-state index is -0.799. The number of carbonyl (C=O) groups is 4. The van der Waals surface area contributed by atoms with Gasteiger partial charge in [-0.05, 0) is 80.5 Å². The van der Waals surface area contributed by atoms with E-state index in [1.165, 1.54) is 43.7 Å². The van der Waals surface area contributed by atoms with Crippen molar-refractivity contribution in [2.75, 3.05) is 11.9 Å². The molecule has 4 bridgehead atoms. The van der Waals surface area contributed by atoms with E-state index in [1.807, 2.05) is 0 Å². The molecule has 1 aromatic heterocycles. The number of carbonyl (C=O) groups excluding carboxylic acids is 4. The van der Waals surface area contributed by atoms with Gasteiger partial charge in [0.05, 0.1) is 17.5 Å². The molecule has 4 amide bonds. The van der Waals surface area contributed by atoms with Gasteiger partial charge in [-0.3, -0.25) is 14.9 Å². The molecular weight excluding hydrogens is 438 g/mol. The number of rotatable bonds is 6. The molecule has 34 heavy (non-hydrogen) atoms. The van der Waals surface area contributed by atoms with Crippen LogP contribution in [-0.4, -0.2) is 36.0 Å². The smallest absolute Gasteiger partial charge is 0.340 e. The Bertz CT molecular complexity index is 1070. The Morgan fingerprint density at radius 1 is 0.941 bits per heavy atom.